The molecule has 1 fully saturated rings. The topological polar surface area (TPSA) is 53.0 Å². The fraction of sp³-hybridized carbons (Fsp3) is 0.421. The van der Waals surface area contributed by atoms with Crippen LogP contribution in [0.3, 0.4) is 0 Å². The number of carbonyl (C=O) groups is 1. The second-order valence-electron chi connectivity index (χ2n) is 6.50. The number of thiophene rings is 1. The molecule has 0 radical (unpaired) electrons. The molecule has 1 N–H and O–H groups in total. The van der Waals surface area contributed by atoms with Crippen molar-refractivity contribution in [2.75, 3.05) is 26.6 Å². The van der Waals surface area contributed by atoms with Gasteiger partial charge in [-0.1, -0.05) is 17.8 Å². The molecule has 1 aromatic rings. The third kappa shape index (κ3) is 3.36. The van der Waals surface area contributed by atoms with Crippen molar-refractivity contribution in [3.05, 3.63) is 56.4 Å². The Morgan fingerprint density at radius 1 is 1.42 bits per heavy atom. The second kappa shape index (κ2) is 7.60. The van der Waals surface area contributed by atoms with Gasteiger partial charge in [-0.05, 0) is 48.6 Å². The van der Waals surface area contributed by atoms with E-state index in [0.717, 1.165) is 16.0 Å². The number of thioether (sulfide) groups is 1. The van der Waals surface area contributed by atoms with Crippen LogP contribution in [-0.4, -0.2) is 47.6 Å². The van der Waals surface area contributed by atoms with Gasteiger partial charge < -0.3 is 9.84 Å². The first-order valence-corrected chi connectivity index (χ1v) is 10.4. The van der Waals surface area contributed by atoms with Gasteiger partial charge in [0, 0.05) is 32.0 Å². The highest BCUT2D eigenvalue weighted by atomic mass is 32.2. The van der Waals surface area contributed by atoms with Crippen molar-refractivity contribution in [1.29, 1.82) is 0 Å². The smallest absolute Gasteiger partial charge is 0.275 e. The molecule has 2 aliphatic rings. The van der Waals surface area contributed by atoms with Gasteiger partial charge in [-0.25, -0.2) is 5.01 Å². The molecule has 1 aliphatic carbocycles. The third-order valence-corrected chi connectivity index (χ3v) is 6.67. The van der Waals surface area contributed by atoms with E-state index in [9.17, 15) is 9.90 Å². The number of aliphatic hydroxyl groups is 1. The number of hydrogen-bond donors (Lipinski definition) is 1. The molecule has 1 saturated heterocycles. The van der Waals surface area contributed by atoms with Gasteiger partial charge in [0.1, 0.15) is 5.76 Å². The molecule has 0 bridgehead atoms. The number of aryl methyl sites for hydroxylation is 1. The highest BCUT2D eigenvalue weighted by Crippen LogP contribution is 2.45. The van der Waals surface area contributed by atoms with Gasteiger partial charge in [-0.3, -0.25) is 9.80 Å². The predicted octanol–water partition coefficient (Wildman–Crippen LogP) is 3.95. The molecule has 0 aromatic carbocycles. The van der Waals surface area contributed by atoms with Crippen molar-refractivity contribution in [1.82, 2.24) is 10.0 Å². The van der Waals surface area contributed by atoms with E-state index in [1.807, 2.05) is 51.5 Å². The van der Waals surface area contributed by atoms with E-state index in [1.54, 1.807) is 27.4 Å². The van der Waals surface area contributed by atoms with Gasteiger partial charge >= 0.3 is 0 Å². The van der Waals surface area contributed by atoms with E-state index >= 15 is 0 Å². The lowest BCUT2D eigenvalue weighted by Gasteiger charge is -2.35. The molecule has 7 heteroatoms. The van der Waals surface area contributed by atoms with Gasteiger partial charge in [0.15, 0.2) is 5.60 Å². The van der Waals surface area contributed by atoms with Crippen LogP contribution >= 0.6 is 23.1 Å². The standard InChI is InChI=1S/C19H24N2O3S2/c1-5-24-19(17-13(2)8-9-25-17)11-14(6-7-16(19)22)10-15-18(23)21(12-26-15)20(3)4/h6-10,22H,5,11-12H2,1-4H3. The van der Waals surface area contributed by atoms with Gasteiger partial charge in [0.05, 0.1) is 10.8 Å². The first-order chi connectivity index (χ1) is 12.4. The average Bonchev–Trinajstić information content (AvgIpc) is 3.17. The zero-order valence-corrected chi connectivity index (χ0v) is 17.1. The monoisotopic (exact) mass is 392 g/mol. The highest BCUT2D eigenvalue weighted by molar-refractivity contribution is 8.04. The molecule has 3 rings (SSSR count). The van der Waals surface area contributed by atoms with Crippen molar-refractivity contribution < 1.29 is 14.6 Å². The molecule has 5 nitrogen and oxygen atoms in total. The Balaban J connectivity index is 1.93. The minimum absolute atomic E-state index is 0.00832. The van der Waals surface area contributed by atoms with Crippen LogP contribution in [0, 0.1) is 6.92 Å². The summed E-state index contributed by atoms with van der Waals surface area (Å²) in [4.78, 5) is 14.3. The Hall–Kier alpha value is -1.54. The van der Waals surface area contributed by atoms with Gasteiger partial charge in [0.2, 0.25) is 0 Å². The normalized spacial score (nSPS) is 25.2. The molecule has 1 unspecified atom stereocenters. The highest BCUT2D eigenvalue weighted by Gasteiger charge is 2.42. The van der Waals surface area contributed by atoms with E-state index in [-0.39, 0.29) is 11.7 Å². The molecule has 1 aromatic heterocycles. The molecule has 1 atom stereocenters. The van der Waals surface area contributed by atoms with Crippen molar-refractivity contribution in [3.8, 4) is 0 Å². The maximum atomic E-state index is 12.5. The molecule has 1 aliphatic heterocycles. The molecule has 1 amide bonds. The predicted molar refractivity (Wildman–Crippen MR) is 107 cm³/mol. The maximum absolute atomic E-state index is 12.5. The molecular formula is C19H24N2O3S2. The first-order valence-electron chi connectivity index (χ1n) is 8.51. The summed E-state index contributed by atoms with van der Waals surface area (Å²) in [5.41, 5.74) is 1.20. The number of nitrogens with zero attached hydrogens (tertiary/aromatic N) is 2. The lowest BCUT2D eigenvalue weighted by Crippen LogP contribution is -2.37. The molecule has 2 heterocycles. The summed E-state index contributed by atoms with van der Waals surface area (Å²) < 4.78 is 6.10. The zero-order valence-electron chi connectivity index (χ0n) is 15.5. The Bertz CT molecular complexity index is 794. The second-order valence-corrected chi connectivity index (χ2v) is 8.40. The van der Waals surface area contributed by atoms with Crippen LogP contribution in [0.4, 0.5) is 0 Å². The van der Waals surface area contributed by atoms with Crippen LogP contribution in [0.1, 0.15) is 23.8 Å². The lowest BCUT2D eigenvalue weighted by molar-refractivity contribution is -0.136. The van der Waals surface area contributed by atoms with Crippen LogP contribution in [0.2, 0.25) is 0 Å². The number of amides is 1. The fourth-order valence-corrected chi connectivity index (χ4v) is 5.39. The Labute approximate surface area is 162 Å². The number of rotatable bonds is 5. The van der Waals surface area contributed by atoms with Crippen LogP contribution in [-0.2, 0) is 15.1 Å². The third-order valence-electron chi connectivity index (χ3n) is 4.53. The van der Waals surface area contributed by atoms with E-state index in [0.29, 0.717) is 23.8 Å². The summed E-state index contributed by atoms with van der Waals surface area (Å²) >= 11 is 3.12. The number of ether oxygens (including phenoxy) is 1. The van der Waals surface area contributed by atoms with Crippen LogP contribution in [0.25, 0.3) is 0 Å². The van der Waals surface area contributed by atoms with Crippen molar-refractivity contribution in [3.63, 3.8) is 0 Å². The largest absolute Gasteiger partial charge is 0.509 e. The Morgan fingerprint density at radius 3 is 2.77 bits per heavy atom. The van der Waals surface area contributed by atoms with Gasteiger partial charge in [0.25, 0.3) is 5.91 Å². The fourth-order valence-electron chi connectivity index (χ4n) is 3.22. The van der Waals surface area contributed by atoms with Crippen molar-refractivity contribution in [2.45, 2.75) is 25.9 Å². The Morgan fingerprint density at radius 2 is 2.19 bits per heavy atom. The lowest BCUT2D eigenvalue weighted by atomic mass is 9.84. The molecule has 0 saturated carbocycles. The van der Waals surface area contributed by atoms with Crippen LogP contribution < -0.4 is 0 Å². The van der Waals surface area contributed by atoms with Gasteiger partial charge in [-0.15, -0.1) is 11.3 Å². The minimum Gasteiger partial charge on any atom is -0.509 e. The number of hydrogen-bond acceptors (Lipinski definition) is 6. The summed E-state index contributed by atoms with van der Waals surface area (Å²) in [5.74, 6) is 0.841. The quantitative estimate of drug-likeness (QED) is 0.769. The minimum atomic E-state index is -0.873. The number of allylic oxidation sites excluding steroid dienone is 3. The van der Waals surface area contributed by atoms with E-state index in [2.05, 4.69) is 0 Å². The van der Waals surface area contributed by atoms with Crippen molar-refractivity contribution in [2.24, 2.45) is 0 Å². The SMILES string of the molecule is CCOC1(c2sccc2C)CC(C=C2SCN(N(C)C)C2=O)=CC=C1O. The molecular weight excluding hydrogens is 368 g/mol. The van der Waals surface area contributed by atoms with E-state index in [1.165, 1.54) is 11.8 Å². The van der Waals surface area contributed by atoms with Crippen molar-refractivity contribution >= 4 is 29.0 Å². The number of aliphatic hydroxyl groups excluding tert-OH is 1. The molecule has 26 heavy (non-hydrogen) atoms. The molecule has 140 valence electrons. The Kier molecular flexibility index (Phi) is 5.62. The molecule has 0 spiro atoms. The summed E-state index contributed by atoms with van der Waals surface area (Å²) in [6, 6.07) is 2.04. The average molecular weight is 393 g/mol. The first kappa shape index (κ1) is 19.2. The number of carbonyl (C=O) groups excluding carboxylic acids is 1. The maximum Gasteiger partial charge on any atom is 0.275 e. The van der Waals surface area contributed by atoms with Gasteiger partial charge in [-0.2, -0.15) is 0 Å². The zero-order chi connectivity index (χ0) is 18.9. The summed E-state index contributed by atoms with van der Waals surface area (Å²) in [6.07, 6.45) is 5.99. The summed E-state index contributed by atoms with van der Waals surface area (Å²) in [6.45, 7) is 4.45. The van der Waals surface area contributed by atoms with Crippen LogP contribution in [0.5, 0.6) is 0 Å². The van der Waals surface area contributed by atoms with Crippen LogP contribution in [0.15, 0.2) is 45.9 Å². The summed E-state index contributed by atoms with van der Waals surface area (Å²) in [7, 11) is 3.73. The summed E-state index contributed by atoms with van der Waals surface area (Å²) in [5, 5.41) is 16.2. The van der Waals surface area contributed by atoms with E-state index < -0.39 is 5.60 Å². The van der Waals surface area contributed by atoms with E-state index in [4.69, 9.17) is 4.74 Å². The number of hydrazine groups is 1.